The Morgan fingerprint density at radius 3 is 2.45 bits per heavy atom. The van der Waals surface area contributed by atoms with E-state index in [-0.39, 0.29) is 11.5 Å². The van der Waals surface area contributed by atoms with Crippen molar-refractivity contribution in [3.63, 3.8) is 0 Å². The van der Waals surface area contributed by atoms with E-state index in [2.05, 4.69) is 6.92 Å². The second kappa shape index (κ2) is 7.94. The molecule has 0 saturated heterocycles. The second-order valence-electron chi connectivity index (χ2n) is 6.59. The third kappa shape index (κ3) is 4.08. The van der Waals surface area contributed by atoms with E-state index in [1.54, 1.807) is 48.5 Å². The van der Waals surface area contributed by atoms with Crippen molar-refractivity contribution >= 4 is 29.4 Å². The maximum atomic E-state index is 12.6. The van der Waals surface area contributed by atoms with Crippen LogP contribution >= 0.6 is 11.6 Å². The van der Waals surface area contributed by atoms with Gasteiger partial charge in [0, 0.05) is 11.1 Å². The maximum Gasteiger partial charge on any atom is 0.343 e. The molecule has 0 spiro atoms. The third-order valence-corrected chi connectivity index (χ3v) is 4.87. The molecule has 0 unspecified atom stereocenters. The molecule has 0 amide bonds. The Balaban J connectivity index is 1.52. The van der Waals surface area contributed by atoms with Gasteiger partial charge in [-0.15, -0.1) is 0 Å². The summed E-state index contributed by atoms with van der Waals surface area (Å²) in [6.07, 6.45) is 2.66. The number of ketones is 1. The van der Waals surface area contributed by atoms with E-state index in [0.717, 1.165) is 12.0 Å². The van der Waals surface area contributed by atoms with Gasteiger partial charge in [0.15, 0.2) is 5.76 Å². The van der Waals surface area contributed by atoms with Crippen LogP contribution in [0, 0.1) is 0 Å². The van der Waals surface area contributed by atoms with E-state index >= 15 is 0 Å². The largest absolute Gasteiger partial charge is 0.452 e. The molecular formula is C24H17ClO4. The summed E-state index contributed by atoms with van der Waals surface area (Å²) in [5.74, 6) is 0.191. The number of rotatable bonds is 4. The second-order valence-corrected chi connectivity index (χ2v) is 7.03. The molecule has 29 heavy (non-hydrogen) atoms. The highest BCUT2D eigenvalue weighted by Gasteiger charge is 2.28. The van der Waals surface area contributed by atoms with Crippen LogP contribution in [0.5, 0.6) is 11.5 Å². The summed E-state index contributed by atoms with van der Waals surface area (Å²) in [7, 11) is 0. The molecule has 0 atom stereocenters. The average molecular weight is 405 g/mol. The summed E-state index contributed by atoms with van der Waals surface area (Å²) < 4.78 is 11.1. The first-order valence-electron chi connectivity index (χ1n) is 9.18. The molecule has 4 rings (SSSR count). The number of carbonyl (C=O) groups is 2. The van der Waals surface area contributed by atoms with Crippen LogP contribution in [-0.4, -0.2) is 11.8 Å². The predicted molar refractivity (Wildman–Crippen MR) is 112 cm³/mol. The minimum atomic E-state index is -0.516. The van der Waals surface area contributed by atoms with Gasteiger partial charge >= 0.3 is 5.97 Å². The number of allylic oxidation sites excluding steroid dienone is 1. The highest BCUT2D eigenvalue weighted by molar-refractivity contribution is 6.30. The molecule has 1 heterocycles. The first-order chi connectivity index (χ1) is 14.0. The Bertz CT molecular complexity index is 1110. The molecule has 1 aliphatic rings. The Kier molecular flexibility index (Phi) is 5.19. The van der Waals surface area contributed by atoms with Crippen LogP contribution in [0.1, 0.15) is 38.8 Å². The Hall–Kier alpha value is -3.37. The van der Waals surface area contributed by atoms with Crippen molar-refractivity contribution in [2.24, 2.45) is 0 Å². The minimum absolute atomic E-state index is 0.199. The van der Waals surface area contributed by atoms with Gasteiger partial charge in [-0.05, 0) is 60.0 Å². The summed E-state index contributed by atoms with van der Waals surface area (Å²) in [5, 5.41) is 0.537. The van der Waals surface area contributed by atoms with Crippen LogP contribution in [0.4, 0.5) is 0 Å². The van der Waals surface area contributed by atoms with E-state index < -0.39 is 5.97 Å². The minimum Gasteiger partial charge on any atom is -0.452 e. The number of hydrogen-bond donors (Lipinski definition) is 0. The van der Waals surface area contributed by atoms with Crippen LogP contribution in [0.25, 0.3) is 6.08 Å². The molecule has 3 aromatic rings. The molecule has 3 aromatic carbocycles. The average Bonchev–Trinajstić information content (AvgIpc) is 3.03. The smallest absolute Gasteiger partial charge is 0.343 e. The zero-order chi connectivity index (χ0) is 20.4. The number of fused-ring (bicyclic) bond motifs is 1. The van der Waals surface area contributed by atoms with Crippen molar-refractivity contribution in [2.75, 3.05) is 0 Å². The highest BCUT2D eigenvalue weighted by atomic mass is 35.5. The Morgan fingerprint density at radius 2 is 1.76 bits per heavy atom. The van der Waals surface area contributed by atoms with Crippen molar-refractivity contribution in [3.8, 4) is 11.5 Å². The number of halogens is 1. The zero-order valence-electron chi connectivity index (χ0n) is 15.6. The van der Waals surface area contributed by atoms with Crippen LogP contribution in [0.3, 0.4) is 0 Å². The number of carbonyl (C=O) groups excluding carboxylic acids is 2. The molecule has 0 bridgehead atoms. The van der Waals surface area contributed by atoms with Crippen molar-refractivity contribution in [3.05, 3.63) is 99.8 Å². The molecule has 0 aromatic heterocycles. The molecular weight excluding hydrogens is 388 g/mol. The van der Waals surface area contributed by atoms with Crippen LogP contribution in [-0.2, 0) is 6.42 Å². The van der Waals surface area contributed by atoms with Crippen LogP contribution in [0.2, 0.25) is 5.02 Å². The standard InChI is InChI=1S/C24H17ClO4/c1-2-15-3-5-16(6-4-15)13-22-23(26)20-12-11-19(14-21(20)29-22)28-24(27)17-7-9-18(25)10-8-17/h3-14H,2H2,1H3/b22-13+. The number of esters is 1. The van der Waals surface area contributed by atoms with E-state index in [1.165, 1.54) is 5.56 Å². The monoisotopic (exact) mass is 404 g/mol. The molecule has 1 aliphatic heterocycles. The fourth-order valence-electron chi connectivity index (χ4n) is 2.98. The van der Waals surface area contributed by atoms with Crippen molar-refractivity contribution < 1.29 is 19.1 Å². The lowest BCUT2D eigenvalue weighted by atomic mass is 10.1. The Morgan fingerprint density at radius 1 is 1.03 bits per heavy atom. The fraction of sp³-hybridized carbons (Fsp3) is 0.0833. The lowest BCUT2D eigenvalue weighted by Gasteiger charge is -2.06. The quantitative estimate of drug-likeness (QED) is 0.316. The first kappa shape index (κ1) is 19.0. The van der Waals surface area contributed by atoms with Crippen molar-refractivity contribution in [2.45, 2.75) is 13.3 Å². The molecule has 0 N–H and O–H groups in total. The van der Waals surface area contributed by atoms with Gasteiger partial charge in [0.05, 0.1) is 11.1 Å². The third-order valence-electron chi connectivity index (χ3n) is 4.62. The summed E-state index contributed by atoms with van der Waals surface area (Å²) in [6, 6.07) is 19.1. The van der Waals surface area contributed by atoms with Gasteiger partial charge in [0.2, 0.25) is 5.78 Å². The summed E-state index contributed by atoms with van der Waals surface area (Å²) >= 11 is 5.84. The lowest BCUT2D eigenvalue weighted by molar-refractivity contribution is 0.0734. The van der Waals surface area contributed by atoms with Crippen molar-refractivity contribution in [1.82, 2.24) is 0 Å². The predicted octanol–water partition coefficient (Wildman–Crippen LogP) is 5.74. The first-order valence-corrected chi connectivity index (χ1v) is 9.56. The summed E-state index contributed by atoms with van der Waals surface area (Å²) in [5.41, 5.74) is 2.92. The SMILES string of the molecule is CCc1ccc(/C=C2/Oc3cc(OC(=O)c4ccc(Cl)cc4)ccc3C2=O)cc1. The van der Waals surface area contributed by atoms with Gasteiger partial charge in [-0.2, -0.15) is 0 Å². The van der Waals surface area contributed by atoms with Gasteiger partial charge in [0.1, 0.15) is 11.5 Å². The van der Waals surface area contributed by atoms with Gasteiger partial charge in [-0.25, -0.2) is 4.79 Å². The summed E-state index contributed by atoms with van der Waals surface area (Å²) in [6.45, 7) is 2.09. The molecule has 0 aliphatic carbocycles. The number of hydrogen-bond acceptors (Lipinski definition) is 4. The highest BCUT2D eigenvalue weighted by Crippen LogP contribution is 2.35. The zero-order valence-corrected chi connectivity index (χ0v) is 16.4. The maximum absolute atomic E-state index is 12.6. The van der Waals surface area contributed by atoms with Crippen molar-refractivity contribution in [1.29, 1.82) is 0 Å². The lowest BCUT2D eigenvalue weighted by Crippen LogP contribution is -2.08. The number of ether oxygens (including phenoxy) is 2. The summed E-state index contributed by atoms with van der Waals surface area (Å²) in [4.78, 5) is 24.9. The van der Waals surface area contributed by atoms with Gasteiger partial charge in [0.25, 0.3) is 0 Å². The molecule has 5 heteroatoms. The molecule has 0 saturated carbocycles. The van der Waals surface area contributed by atoms with Gasteiger partial charge < -0.3 is 9.47 Å². The van der Waals surface area contributed by atoms with E-state index in [4.69, 9.17) is 21.1 Å². The van der Waals surface area contributed by atoms with E-state index in [1.807, 2.05) is 24.3 Å². The molecule has 0 radical (unpaired) electrons. The number of aryl methyl sites for hydroxylation is 1. The van der Waals surface area contributed by atoms with Gasteiger partial charge in [-0.1, -0.05) is 42.8 Å². The van der Waals surface area contributed by atoms with Crippen LogP contribution < -0.4 is 9.47 Å². The normalized spacial score (nSPS) is 13.9. The van der Waals surface area contributed by atoms with E-state index in [0.29, 0.717) is 27.6 Å². The molecule has 144 valence electrons. The molecule has 0 fully saturated rings. The van der Waals surface area contributed by atoms with Crippen LogP contribution in [0.15, 0.2) is 72.5 Å². The van der Waals surface area contributed by atoms with Gasteiger partial charge in [-0.3, -0.25) is 4.79 Å². The van der Waals surface area contributed by atoms with E-state index in [9.17, 15) is 9.59 Å². The number of Topliss-reactive ketones (excluding diaryl/α,β-unsaturated/α-hetero) is 1. The number of benzene rings is 3. The Labute approximate surface area is 173 Å². The topological polar surface area (TPSA) is 52.6 Å². The molecule has 4 nitrogen and oxygen atoms in total. The fourth-order valence-corrected chi connectivity index (χ4v) is 3.11.